The van der Waals surface area contributed by atoms with Crippen molar-refractivity contribution in [1.29, 1.82) is 0 Å². The second-order valence-corrected chi connectivity index (χ2v) is 6.04. The maximum Gasteiger partial charge on any atom is 0.142 e. The summed E-state index contributed by atoms with van der Waals surface area (Å²) in [5.74, 6) is -0.227. The number of nitrogens with one attached hydrogen (secondary N) is 1. The lowest BCUT2D eigenvalue weighted by Crippen LogP contribution is -2.20. The third-order valence-electron chi connectivity index (χ3n) is 3.34. The van der Waals surface area contributed by atoms with Gasteiger partial charge in [-0.1, -0.05) is 35.9 Å². The predicted octanol–water partition coefficient (Wildman–Crippen LogP) is 5.05. The Morgan fingerprint density at radius 2 is 2.05 bits per heavy atom. The van der Waals surface area contributed by atoms with Gasteiger partial charge in [-0.3, -0.25) is 0 Å². The zero-order valence-corrected chi connectivity index (χ0v) is 13.7. The molecule has 0 aromatic heterocycles. The summed E-state index contributed by atoms with van der Waals surface area (Å²) in [4.78, 5) is 0. The van der Waals surface area contributed by atoms with Crippen LogP contribution in [0.1, 0.15) is 22.7 Å². The zero-order valence-electron chi connectivity index (χ0n) is 11.4. The van der Waals surface area contributed by atoms with Crippen molar-refractivity contribution >= 4 is 27.5 Å². The molecule has 0 saturated carbocycles. The fourth-order valence-corrected chi connectivity index (χ4v) is 2.89. The van der Waals surface area contributed by atoms with Crippen LogP contribution in [-0.4, -0.2) is 7.05 Å². The molecule has 0 spiro atoms. The number of aryl methyl sites for hydroxylation is 1. The number of hydrogen-bond donors (Lipinski definition) is 1. The van der Waals surface area contributed by atoms with Crippen LogP contribution in [-0.2, 0) is 6.42 Å². The summed E-state index contributed by atoms with van der Waals surface area (Å²) >= 11 is 9.48. The van der Waals surface area contributed by atoms with E-state index in [1.165, 1.54) is 0 Å². The van der Waals surface area contributed by atoms with E-state index in [1.54, 1.807) is 12.1 Å². The molecule has 2 aromatic rings. The van der Waals surface area contributed by atoms with Gasteiger partial charge in [0.1, 0.15) is 5.82 Å². The Morgan fingerprint density at radius 1 is 1.30 bits per heavy atom. The minimum atomic E-state index is -0.227. The number of halogens is 3. The Balaban J connectivity index is 2.31. The molecule has 106 valence electrons. The molecule has 0 amide bonds. The quantitative estimate of drug-likeness (QED) is 0.808. The minimum Gasteiger partial charge on any atom is -0.313 e. The van der Waals surface area contributed by atoms with Gasteiger partial charge < -0.3 is 5.32 Å². The van der Waals surface area contributed by atoms with Crippen molar-refractivity contribution in [2.45, 2.75) is 19.4 Å². The first-order valence-corrected chi connectivity index (χ1v) is 7.56. The predicted molar refractivity (Wildman–Crippen MR) is 85.8 cm³/mol. The van der Waals surface area contributed by atoms with Gasteiger partial charge in [0.05, 0.1) is 4.47 Å². The van der Waals surface area contributed by atoms with Gasteiger partial charge in [0, 0.05) is 16.6 Å². The van der Waals surface area contributed by atoms with Crippen molar-refractivity contribution in [3.05, 3.63) is 68.4 Å². The maximum absolute atomic E-state index is 14.2. The monoisotopic (exact) mass is 355 g/mol. The second-order valence-electron chi connectivity index (χ2n) is 4.78. The van der Waals surface area contributed by atoms with E-state index in [9.17, 15) is 4.39 Å². The van der Waals surface area contributed by atoms with E-state index in [4.69, 9.17) is 11.6 Å². The molecule has 0 bridgehead atoms. The second kappa shape index (κ2) is 6.70. The highest BCUT2D eigenvalue weighted by molar-refractivity contribution is 9.10. The van der Waals surface area contributed by atoms with Gasteiger partial charge in [0.25, 0.3) is 0 Å². The van der Waals surface area contributed by atoms with E-state index in [0.29, 0.717) is 16.5 Å². The van der Waals surface area contributed by atoms with Crippen LogP contribution in [0.3, 0.4) is 0 Å². The van der Waals surface area contributed by atoms with Crippen molar-refractivity contribution in [2.24, 2.45) is 0 Å². The molecule has 0 aliphatic carbocycles. The van der Waals surface area contributed by atoms with Crippen molar-refractivity contribution in [1.82, 2.24) is 5.32 Å². The van der Waals surface area contributed by atoms with Crippen molar-refractivity contribution in [2.75, 3.05) is 7.05 Å². The lowest BCUT2D eigenvalue weighted by molar-refractivity contribution is 0.531. The van der Waals surface area contributed by atoms with Crippen molar-refractivity contribution in [3.63, 3.8) is 0 Å². The summed E-state index contributed by atoms with van der Waals surface area (Å²) in [5, 5.41) is 3.88. The maximum atomic E-state index is 14.2. The summed E-state index contributed by atoms with van der Waals surface area (Å²) in [6, 6.07) is 11.2. The molecule has 0 saturated heterocycles. The van der Waals surface area contributed by atoms with Gasteiger partial charge in [-0.2, -0.15) is 0 Å². The van der Waals surface area contributed by atoms with Crippen LogP contribution >= 0.6 is 27.5 Å². The normalized spacial score (nSPS) is 12.4. The highest BCUT2D eigenvalue weighted by Gasteiger charge is 2.17. The molecule has 2 aromatic carbocycles. The number of likely N-dealkylation sites (N-methyl/N-ethyl adjacent to an activating group) is 1. The molecule has 0 aliphatic rings. The first-order valence-electron chi connectivity index (χ1n) is 6.39. The highest BCUT2D eigenvalue weighted by atomic mass is 79.9. The Labute approximate surface area is 132 Å². The lowest BCUT2D eigenvalue weighted by Gasteiger charge is -2.19. The van der Waals surface area contributed by atoms with Gasteiger partial charge in [-0.15, -0.1) is 0 Å². The summed E-state index contributed by atoms with van der Waals surface area (Å²) < 4.78 is 14.7. The van der Waals surface area contributed by atoms with E-state index in [0.717, 1.165) is 16.1 Å². The van der Waals surface area contributed by atoms with Crippen LogP contribution in [0, 0.1) is 12.7 Å². The number of benzene rings is 2. The first-order chi connectivity index (χ1) is 9.52. The average Bonchev–Trinajstić information content (AvgIpc) is 2.42. The number of rotatable bonds is 4. The van der Waals surface area contributed by atoms with Crippen LogP contribution in [0.2, 0.25) is 5.02 Å². The van der Waals surface area contributed by atoms with Crippen LogP contribution in [0.25, 0.3) is 0 Å². The van der Waals surface area contributed by atoms with Crippen LogP contribution in [0.15, 0.2) is 40.9 Å². The molecule has 20 heavy (non-hydrogen) atoms. The largest absolute Gasteiger partial charge is 0.313 e. The fourth-order valence-electron chi connectivity index (χ4n) is 2.19. The fraction of sp³-hybridized carbons (Fsp3) is 0.250. The highest BCUT2D eigenvalue weighted by Crippen LogP contribution is 2.28. The summed E-state index contributed by atoms with van der Waals surface area (Å²) in [6.45, 7) is 2.00. The molecular weight excluding hydrogens is 341 g/mol. The van der Waals surface area contributed by atoms with Gasteiger partial charge in [0.15, 0.2) is 0 Å². The third-order valence-corrected chi connectivity index (χ3v) is 4.30. The summed E-state index contributed by atoms with van der Waals surface area (Å²) in [5.41, 5.74) is 2.77. The van der Waals surface area contributed by atoms with Gasteiger partial charge >= 0.3 is 0 Å². The minimum absolute atomic E-state index is 0.118. The molecule has 1 atom stereocenters. The number of hydrogen-bond acceptors (Lipinski definition) is 1. The molecule has 0 heterocycles. The molecule has 1 nitrogen and oxygen atoms in total. The van der Waals surface area contributed by atoms with E-state index < -0.39 is 0 Å². The van der Waals surface area contributed by atoms with Crippen LogP contribution in [0.5, 0.6) is 0 Å². The molecule has 2 rings (SSSR count). The van der Waals surface area contributed by atoms with Crippen molar-refractivity contribution < 1.29 is 4.39 Å². The van der Waals surface area contributed by atoms with E-state index >= 15 is 0 Å². The molecular formula is C16H16BrClFN. The Morgan fingerprint density at radius 3 is 2.70 bits per heavy atom. The van der Waals surface area contributed by atoms with Crippen LogP contribution < -0.4 is 5.32 Å². The molecule has 0 aliphatic heterocycles. The SMILES string of the molecule is CNC(Cc1ccc(C)cc1Cl)c1cccc(Br)c1F. The van der Waals surface area contributed by atoms with Crippen LogP contribution in [0.4, 0.5) is 4.39 Å². The summed E-state index contributed by atoms with van der Waals surface area (Å²) in [6.07, 6.45) is 0.642. The lowest BCUT2D eigenvalue weighted by atomic mass is 9.98. The van der Waals surface area contributed by atoms with Gasteiger partial charge in [-0.25, -0.2) is 4.39 Å². The van der Waals surface area contributed by atoms with E-state index in [-0.39, 0.29) is 11.9 Å². The molecule has 0 radical (unpaired) electrons. The topological polar surface area (TPSA) is 12.0 Å². The Bertz CT molecular complexity index is 615. The average molecular weight is 357 g/mol. The zero-order chi connectivity index (χ0) is 14.7. The van der Waals surface area contributed by atoms with Gasteiger partial charge in [0.2, 0.25) is 0 Å². The third kappa shape index (κ3) is 3.40. The Hall–Kier alpha value is -0.900. The van der Waals surface area contributed by atoms with Gasteiger partial charge in [-0.05, 0) is 59.6 Å². The molecule has 1 N–H and O–H groups in total. The molecule has 4 heteroatoms. The first kappa shape index (κ1) is 15.5. The smallest absolute Gasteiger partial charge is 0.142 e. The standard InChI is InChI=1S/C16H16BrClFN/c1-10-6-7-11(14(18)8-10)9-15(20-2)12-4-3-5-13(17)16(12)19/h3-8,15,20H,9H2,1-2H3. The molecule has 1 unspecified atom stereocenters. The summed E-state index contributed by atoms with van der Waals surface area (Å²) in [7, 11) is 1.83. The molecule has 0 fully saturated rings. The van der Waals surface area contributed by atoms with E-state index in [2.05, 4.69) is 21.2 Å². The van der Waals surface area contributed by atoms with Crippen molar-refractivity contribution in [3.8, 4) is 0 Å². The Kier molecular flexibility index (Phi) is 5.19. The van der Waals surface area contributed by atoms with E-state index in [1.807, 2.05) is 38.2 Å².